The summed E-state index contributed by atoms with van der Waals surface area (Å²) in [6.07, 6.45) is 2.27. The largest absolute Gasteiger partial charge is 0.461 e. The fourth-order valence-electron chi connectivity index (χ4n) is 6.07. The third kappa shape index (κ3) is 3.71. The number of esters is 1. The van der Waals surface area contributed by atoms with Crippen LogP contribution in [0.3, 0.4) is 0 Å². The highest BCUT2D eigenvalue weighted by molar-refractivity contribution is 5.90. The predicted molar refractivity (Wildman–Crippen MR) is 128 cm³/mol. The Balaban J connectivity index is 1.41. The molecular weight excluding hydrogens is 398 g/mol. The fourth-order valence-corrected chi connectivity index (χ4v) is 6.07. The molecule has 0 bridgehead atoms. The molecule has 1 N–H and O–H groups in total. The number of hydrogen-bond donors (Lipinski definition) is 1. The van der Waals surface area contributed by atoms with Crippen molar-refractivity contribution in [3.05, 3.63) is 64.7 Å². The maximum absolute atomic E-state index is 12.6. The topological polar surface area (TPSA) is 44.8 Å². The number of rotatable bonds is 4. The molecule has 3 aliphatic rings. The van der Waals surface area contributed by atoms with Gasteiger partial charge in [0.2, 0.25) is 0 Å². The quantitative estimate of drug-likeness (QED) is 0.741. The molecular formula is C27H35N3O2. The third-order valence-corrected chi connectivity index (χ3v) is 7.94. The second kappa shape index (κ2) is 8.20. The fraction of sp³-hybridized carbons (Fsp3) is 0.519. The Labute approximate surface area is 191 Å². The van der Waals surface area contributed by atoms with Crippen LogP contribution in [0.15, 0.2) is 42.5 Å². The molecule has 3 atom stereocenters. The number of nitrogens with one attached hydrogen (secondary N) is 1. The Morgan fingerprint density at radius 3 is 2.75 bits per heavy atom. The highest BCUT2D eigenvalue weighted by atomic mass is 16.5. The molecule has 3 aliphatic heterocycles. The van der Waals surface area contributed by atoms with Gasteiger partial charge in [0.15, 0.2) is 0 Å². The standard InChI is InChI=1S/C27H35N3O2/c1-27(2)21-11-12-30-17-20-8-6-5-7-18(20)16-24(30)25(21)28-23-10-9-19(15-22(23)27)26(31)32-14-13-29(3)4/h5-10,15,21,24-25,28H,11-14,16-17H2,1-4H3/t21-,24-,25-/m0/s1. The molecule has 3 heterocycles. The number of piperidine rings is 1. The van der Waals surface area contributed by atoms with Crippen LogP contribution in [0.2, 0.25) is 0 Å². The molecule has 0 spiro atoms. The molecule has 0 radical (unpaired) electrons. The number of ether oxygens (including phenoxy) is 1. The van der Waals surface area contributed by atoms with E-state index in [0.29, 0.717) is 30.2 Å². The van der Waals surface area contributed by atoms with E-state index in [1.54, 1.807) is 0 Å². The van der Waals surface area contributed by atoms with E-state index >= 15 is 0 Å². The first-order valence-corrected chi connectivity index (χ1v) is 11.9. The molecule has 0 unspecified atom stereocenters. The van der Waals surface area contributed by atoms with Gasteiger partial charge < -0.3 is 15.0 Å². The molecule has 5 nitrogen and oxygen atoms in total. The number of likely N-dealkylation sites (N-methyl/N-ethyl adjacent to an activating group) is 1. The SMILES string of the molecule is CN(C)CCOC(=O)c1ccc2c(c1)C(C)(C)[C@H]1CCN3Cc4ccccc4C[C@H]3[C@H]1N2. The minimum atomic E-state index is -0.230. The van der Waals surface area contributed by atoms with Crippen molar-refractivity contribution in [2.24, 2.45) is 5.92 Å². The smallest absolute Gasteiger partial charge is 0.338 e. The van der Waals surface area contributed by atoms with Gasteiger partial charge in [-0.05, 0) is 79.7 Å². The van der Waals surface area contributed by atoms with E-state index in [2.05, 4.69) is 60.5 Å². The summed E-state index contributed by atoms with van der Waals surface area (Å²) in [5.74, 6) is 0.299. The van der Waals surface area contributed by atoms with Crippen LogP contribution < -0.4 is 5.32 Å². The number of anilines is 1. The summed E-state index contributed by atoms with van der Waals surface area (Å²) >= 11 is 0. The third-order valence-electron chi connectivity index (χ3n) is 7.94. The Bertz CT molecular complexity index is 1020. The number of carbonyl (C=O) groups is 1. The molecule has 5 heteroatoms. The van der Waals surface area contributed by atoms with Gasteiger partial charge >= 0.3 is 5.97 Å². The maximum atomic E-state index is 12.6. The van der Waals surface area contributed by atoms with Crippen molar-refractivity contribution in [1.29, 1.82) is 0 Å². The van der Waals surface area contributed by atoms with Crippen LogP contribution in [0.4, 0.5) is 5.69 Å². The summed E-state index contributed by atoms with van der Waals surface area (Å²) in [7, 11) is 3.96. The van der Waals surface area contributed by atoms with Gasteiger partial charge in [0.05, 0.1) is 5.56 Å². The first kappa shape index (κ1) is 21.5. The van der Waals surface area contributed by atoms with Crippen molar-refractivity contribution in [2.75, 3.05) is 39.1 Å². The monoisotopic (exact) mass is 433 g/mol. The van der Waals surface area contributed by atoms with Crippen molar-refractivity contribution in [1.82, 2.24) is 9.80 Å². The second-order valence-electron chi connectivity index (χ2n) is 10.5. The van der Waals surface area contributed by atoms with Crippen LogP contribution in [0, 0.1) is 5.92 Å². The van der Waals surface area contributed by atoms with Crippen LogP contribution in [-0.2, 0) is 23.1 Å². The minimum absolute atomic E-state index is 0.00572. The number of fused-ring (bicyclic) bond motifs is 5. The Morgan fingerprint density at radius 1 is 1.19 bits per heavy atom. The first-order valence-electron chi connectivity index (χ1n) is 11.9. The van der Waals surface area contributed by atoms with Crippen LogP contribution >= 0.6 is 0 Å². The number of hydrogen-bond acceptors (Lipinski definition) is 5. The number of benzene rings is 2. The minimum Gasteiger partial charge on any atom is -0.461 e. The van der Waals surface area contributed by atoms with E-state index in [4.69, 9.17) is 4.74 Å². The molecule has 0 amide bonds. The summed E-state index contributed by atoms with van der Waals surface area (Å²) in [6, 6.07) is 15.9. The van der Waals surface area contributed by atoms with Crippen LogP contribution in [0.1, 0.15) is 47.3 Å². The van der Waals surface area contributed by atoms with Gasteiger partial charge in [-0.1, -0.05) is 38.1 Å². The van der Waals surface area contributed by atoms with Crippen molar-refractivity contribution in [3.8, 4) is 0 Å². The highest BCUT2D eigenvalue weighted by Crippen LogP contribution is 2.49. The summed E-state index contributed by atoms with van der Waals surface area (Å²) in [5.41, 5.74) is 6.03. The Morgan fingerprint density at radius 2 is 1.97 bits per heavy atom. The summed E-state index contributed by atoms with van der Waals surface area (Å²) in [4.78, 5) is 17.3. The van der Waals surface area contributed by atoms with E-state index in [-0.39, 0.29) is 11.4 Å². The van der Waals surface area contributed by atoms with Crippen LogP contribution in [0.25, 0.3) is 0 Å². The van der Waals surface area contributed by atoms with Gasteiger partial charge in [-0.3, -0.25) is 4.90 Å². The molecule has 2 aromatic rings. The second-order valence-corrected chi connectivity index (χ2v) is 10.5. The lowest BCUT2D eigenvalue weighted by atomic mass is 9.62. The van der Waals surface area contributed by atoms with Crippen LogP contribution in [-0.4, -0.2) is 61.6 Å². The normalized spacial score (nSPS) is 25.7. The Kier molecular flexibility index (Phi) is 5.50. The molecule has 1 saturated heterocycles. The van der Waals surface area contributed by atoms with Gasteiger partial charge in [0, 0.05) is 30.9 Å². The van der Waals surface area contributed by atoms with E-state index in [1.165, 1.54) is 28.8 Å². The molecule has 1 fully saturated rings. The summed E-state index contributed by atoms with van der Waals surface area (Å²) in [5, 5.41) is 3.91. The first-order chi connectivity index (χ1) is 15.3. The zero-order chi connectivity index (χ0) is 22.5. The summed E-state index contributed by atoms with van der Waals surface area (Å²) in [6.45, 7) is 8.04. The van der Waals surface area contributed by atoms with E-state index in [1.807, 2.05) is 25.1 Å². The molecule has 0 aliphatic carbocycles. The van der Waals surface area contributed by atoms with E-state index in [0.717, 1.165) is 26.1 Å². The van der Waals surface area contributed by atoms with E-state index < -0.39 is 0 Å². The molecule has 170 valence electrons. The molecule has 5 rings (SSSR count). The lowest BCUT2D eigenvalue weighted by molar-refractivity contribution is 0.0472. The average molecular weight is 434 g/mol. The Hall–Kier alpha value is -2.37. The zero-order valence-electron chi connectivity index (χ0n) is 19.7. The number of carbonyl (C=O) groups excluding carboxylic acids is 1. The van der Waals surface area contributed by atoms with Crippen molar-refractivity contribution in [3.63, 3.8) is 0 Å². The number of nitrogens with zero attached hydrogens (tertiary/aromatic N) is 2. The predicted octanol–water partition coefficient (Wildman–Crippen LogP) is 3.92. The zero-order valence-corrected chi connectivity index (χ0v) is 19.7. The van der Waals surface area contributed by atoms with Crippen LogP contribution in [0.5, 0.6) is 0 Å². The van der Waals surface area contributed by atoms with Gasteiger partial charge in [-0.2, -0.15) is 0 Å². The van der Waals surface area contributed by atoms with Gasteiger partial charge in [-0.15, -0.1) is 0 Å². The van der Waals surface area contributed by atoms with Gasteiger partial charge in [0.1, 0.15) is 6.61 Å². The lowest BCUT2D eigenvalue weighted by Crippen LogP contribution is -2.62. The van der Waals surface area contributed by atoms with Gasteiger partial charge in [0.25, 0.3) is 0 Å². The molecule has 2 aromatic carbocycles. The van der Waals surface area contributed by atoms with Crippen molar-refractivity contribution < 1.29 is 9.53 Å². The van der Waals surface area contributed by atoms with E-state index in [9.17, 15) is 4.79 Å². The maximum Gasteiger partial charge on any atom is 0.338 e. The summed E-state index contributed by atoms with van der Waals surface area (Å²) < 4.78 is 5.50. The van der Waals surface area contributed by atoms with Gasteiger partial charge in [-0.25, -0.2) is 4.79 Å². The molecule has 0 aromatic heterocycles. The van der Waals surface area contributed by atoms with Crippen molar-refractivity contribution >= 4 is 11.7 Å². The van der Waals surface area contributed by atoms with Crippen molar-refractivity contribution in [2.45, 2.75) is 50.7 Å². The molecule has 0 saturated carbocycles. The lowest BCUT2D eigenvalue weighted by Gasteiger charge is -2.56. The highest BCUT2D eigenvalue weighted by Gasteiger charge is 2.50. The molecule has 32 heavy (non-hydrogen) atoms. The average Bonchev–Trinajstić information content (AvgIpc) is 2.77.